The molecule has 1 aliphatic heterocycles. The van der Waals surface area contributed by atoms with Crippen LogP contribution in [-0.2, 0) is 17.9 Å². The maximum Gasteiger partial charge on any atom is 0.262 e. The number of carbonyl (C=O) groups is 3. The van der Waals surface area contributed by atoms with Crippen LogP contribution in [0.2, 0.25) is 0 Å². The van der Waals surface area contributed by atoms with Crippen LogP contribution in [0.3, 0.4) is 0 Å². The van der Waals surface area contributed by atoms with Crippen LogP contribution in [0.5, 0.6) is 0 Å². The van der Waals surface area contributed by atoms with Gasteiger partial charge in [-0.15, -0.1) is 0 Å². The summed E-state index contributed by atoms with van der Waals surface area (Å²) in [6.07, 6.45) is 1.55. The van der Waals surface area contributed by atoms with E-state index in [1.165, 1.54) is 0 Å². The molecule has 0 unspecified atom stereocenters. The molecule has 7 heteroatoms. The first kappa shape index (κ1) is 17.2. The summed E-state index contributed by atoms with van der Waals surface area (Å²) in [4.78, 5) is 40.6. The molecule has 136 valence electrons. The molecule has 0 radical (unpaired) electrons. The lowest BCUT2D eigenvalue weighted by atomic mass is 10.1. The Kier molecular flexibility index (Phi) is 4.60. The van der Waals surface area contributed by atoms with Crippen LogP contribution in [0.25, 0.3) is 0 Å². The Balaban J connectivity index is 1.53. The van der Waals surface area contributed by atoms with Crippen molar-refractivity contribution in [1.82, 2.24) is 9.80 Å². The van der Waals surface area contributed by atoms with Gasteiger partial charge >= 0.3 is 0 Å². The van der Waals surface area contributed by atoms with Gasteiger partial charge in [-0.3, -0.25) is 19.3 Å². The lowest BCUT2D eigenvalue weighted by Crippen LogP contribution is -2.42. The zero-order valence-electron chi connectivity index (χ0n) is 14.3. The number of nitrogens with zero attached hydrogens (tertiary/aromatic N) is 2. The molecule has 1 aromatic carbocycles. The first-order valence-electron chi connectivity index (χ1n) is 8.40. The van der Waals surface area contributed by atoms with Crippen LogP contribution < -0.4 is 0 Å². The minimum absolute atomic E-state index is 0.269. The van der Waals surface area contributed by atoms with E-state index in [1.807, 2.05) is 16.8 Å². The second kappa shape index (κ2) is 7.20. The van der Waals surface area contributed by atoms with Crippen LogP contribution in [0, 0.1) is 0 Å². The Morgan fingerprint density at radius 2 is 1.74 bits per heavy atom. The van der Waals surface area contributed by atoms with Gasteiger partial charge in [-0.1, -0.05) is 12.1 Å². The fraction of sp³-hybridized carbons (Fsp3) is 0.150. The molecule has 0 saturated carbocycles. The number of imide groups is 1. The first-order valence-corrected chi connectivity index (χ1v) is 9.34. The van der Waals surface area contributed by atoms with Gasteiger partial charge in [0, 0.05) is 6.54 Å². The maximum atomic E-state index is 12.9. The fourth-order valence-electron chi connectivity index (χ4n) is 3.04. The number of benzene rings is 1. The van der Waals surface area contributed by atoms with Crippen LogP contribution in [0.4, 0.5) is 0 Å². The molecule has 0 saturated heterocycles. The third-order valence-corrected chi connectivity index (χ3v) is 5.14. The topological polar surface area (TPSA) is 70.8 Å². The standard InChI is InChI=1S/C20H16N2O4S/c23-18(12-22-19(24)16-5-1-2-6-17(16)20(22)25)21(10-14-7-9-27-13-14)11-15-4-3-8-26-15/h1-9,13H,10-12H2. The van der Waals surface area contributed by atoms with Crippen molar-refractivity contribution in [2.45, 2.75) is 13.1 Å². The van der Waals surface area contributed by atoms with Gasteiger partial charge in [0.15, 0.2) is 0 Å². The molecule has 6 nitrogen and oxygen atoms in total. The number of hydrogen-bond acceptors (Lipinski definition) is 5. The van der Waals surface area contributed by atoms with Crippen molar-refractivity contribution in [2.75, 3.05) is 6.54 Å². The first-order chi connectivity index (χ1) is 13.1. The summed E-state index contributed by atoms with van der Waals surface area (Å²) in [5.74, 6) is -0.539. The molecular formula is C20H16N2O4S. The number of rotatable bonds is 6. The number of thiophene rings is 1. The summed E-state index contributed by atoms with van der Waals surface area (Å²) in [6.45, 7) is 0.355. The Bertz CT molecular complexity index is 908. The van der Waals surface area contributed by atoms with E-state index in [0.29, 0.717) is 23.4 Å². The number of amides is 3. The summed E-state index contributed by atoms with van der Waals surface area (Å²) < 4.78 is 5.36. The van der Waals surface area contributed by atoms with Gasteiger partial charge in [0.05, 0.1) is 23.9 Å². The molecule has 3 heterocycles. The van der Waals surface area contributed by atoms with Crippen molar-refractivity contribution in [3.63, 3.8) is 0 Å². The Hall–Kier alpha value is -3.19. The second-order valence-corrected chi connectivity index (χ2v) is 6.98. The summed E-state index contributed by atoms with van der Waals surface area (Å²) in [5.41, 5.74) is 1.67. The average Bonchev–Trinajstić information content (AvgIpc) is 3.41. The molecular weight excluding hydrogens is 364 g/mol. The van der Waals surface area contributed by atoms with Crippen molar-refractivity contribution in [1.29, 1.82) is 0 Å². The zero-order valence-corrected chi connectivity index (χ0v) is 15.1. The lowest BCUT2D eigenvalue weighted by molar-refractivity contribution is -0.133. The molecule has 0 aliphatic carbocycles. The molecule has 0 N–H and O–H groups in total. The average molecular weight is 380 g/mol. The molecule has 4 rings (SSSR count). The normalized spacial score (nSPS) is 13.1. The number of carbonyl (C=O) groups excluding carboxylic acids is 3. The van der Waals surface area contributed by atoms with E-state index in [0.717, 1.165) is 10.5 Å². The largest absolute Gasteiger partial charge is 0.467 e. The van der Waals surface area contributed by atoms with E-state index in [2.05, 4.69) is 0 Å². The predicted octanol–water partition coefficient (Wildman–Crippen LogP) is 3.17. The smallest absolute Gasteiger partial charge is 0.262 e. The SMILES string of the molecule is O=C(CN1C(=O)c2ccccc2C1=O)N(Cc1ccsc1)Cc1ccco1. The monoisotopic (exact) mass is 380 g/mol. The third-order valence-electron chi connectivity index (χ3n) is 4.40. The summed E-state index contributed by atoms with van der Waals surface area (Å²) in [7, 11) is 0. The highest BCUT2D eigenvalue weighted by molar-refractivity contribution is 7.07. The molecule has 2 aromatic heterocycles. The van der Waals surface area contributed by atoms with Gasteiger partial charge < -0.3 is 9.32 Å². The minimum atomic E-state index is -0.433. The van der Waals surface area contributed by atoms with Gasteiger partial charge in [0.1, 0.15) is 12.3 Å². The van der Waals surface area contributed by atoms with Crippen molar-refractivity contribution in [3.05, 3.63) is 81.9 Å². The van der Waals surface area contributed by atoms with Gasteiger partial charge in [-0.05, 0) is 46.7 Å². The van der Waals surface area contributed by atoms with Crippen molar-refractivity contribution < 1.29 is 18.8 Å². The predicted molar refractivity (Wildman–Crippen MR) is 99.1 cm³/mol. The molecule has 3 amide bonds. The zero-order chi connectivity index (χ0) is 18.8. The van der Waals surface area contributed by atoms with Crippen molar-refractivity contribution >= 4 is 29.1 Å². The number of hydrogen-bond donors (Lipinski definition) is 0. The summed E-state index contributed by atoms with van der Waals surface area (Å²) in [6, 6.07) is 12.1. The van der Waals surface area contributed by atoms with Crippen LogP contribution in [0.15, 0.2) is 63.9 Å². The molecule has 0 bridgehead atoms. The summed E-state index contributed by atoms with van der Waals surface area (Å²) >= 11 is 1.55. The highest BCUT2D eigenvalue weighted by Gasteiger charge is 2.37. The number of fused-ring (bicyclic) bond motifs is 1. The molecule has 0 atom stereocenters. The van der Waals surface area contributed by atoms with Gasteiger partial charge in [-0.2, -0.15) is 11.3 Å². The van der Waals surface area contributed by atoms with E-state index in [-0.39, 0.29) is 19.0 Å². The second-order valence-electron chi connectivity index (χ2n) is 6.20. The van der Waals surface area contributed by atoms with E-state index in [4.69, 9.17) is 4.42 Å². The van der Waals surface area contributed by atoms with Gasteiger partial charge in [0.2, 0.25) is 5.91 Å². The van der Waals surface area contributed by atoms with Crippen LogP contribution in [0.1, 0.15) is 32.0 Å². The van der Waals surface area contributed by atoms with E-state index >= 15 is 0 Å². The molecule has 1 aliphatic rings. The van der Waals surface area contributed by atoms with E-state index in [1.54, 1.807) is 58.9 Å². The number of furan rings is 1. The maximum absolute atomic E-state index is 12.9. The van der Waals surface area contributed by atoms with E-state index < -0.39 is 11.8 Å². The quantitative estimate of drug-likeness (QED) is 0.616. The molecule has 27 heavy (non-hydrogen) atoms. The molecule has 3 aromatic rings. The Morgan fingerprint density at radius 1 is 1.00 bits per heavy atom. The van der Waals surface area contributed by atoms with Gasteiger partial charge in [0.25, 0.3) is 11.8 Å². The van der Waals surface area contributed by atoms with E-state index in [9.17, 15) is 14.4 Å². The lowest BCUT2D eigenvalue weighted by Gasteiger charge is -2.23. The molecule has 0 spiro atoms. The Morgan fingerprint density at radius 3 is 2.33 bits per heavy atom. The highest BCUT2D eigenvalue weighted by atomic mass is 32.1. The van der Waals surface area contributed by atoms with Crippen LogP contribution in [-0.4, -0.2) is 34.1 Å². The highest BCUT2D eigenvalue weighted by Crippen LogP contribution is 2.23. The van der Waals surface area contributed by atoms with Crippen LogP contribution >= 0.6 is 11.3 Å². The fourth-order valence-corrected chi connectivity index (χ4v) is 3.70. The minimum Gasteiger partial charge on any atom is -0.467 e. The Labute approximate surface area is 159 Å². The van der Waals surface area contributed by atoms with Gasteiger partial charge in [-0.25, -0.2) is 0 Å². The summed E-state index contributed by atoms with van der Waals surface area (Å²) in [5, 5.41) is 3.90. The molecule has 0 fully saturated rings. The third kappa shape index (κ3) is 3.41. The van der Waals surface area contributed by atoms with Crippen molar-refractivity contribution in [2.24, 2.45) is 0 Å². The van der Waals surface area contributed by atoms with Crippen molar-refractivity contribution in [3.8, 4) is 0 Å².